The zero-order valence-corrected chi connectivity index (χ0v) is 16.5. The van der Waals surface area contributed by atoms with E-state index in [1.807, 2.05) is 30.3 Å². The summed E-state index contributed by atoms with van der Waals surface area (Å²) in [6, 6.07) is 18.2. The van der Waals surface area contributed by atoms with E-state index in [0.29, 0.717) is 19.0 Å². The van der Waals surface area contributed by atoms with Crippen molar-refractivity contribution in [1.82, 2.24) is 9.21 Å². The van der Waals surface area contributed by atoms with Crippen LogP contribution in [0.15, 0.2) is 54.6 Å². The normalized spacial score (nSPS) is 16.9. The van der Waals surface area contributed by atoms with Crippen LogP contribution >= 0.6 is 0 Å². The van der Waals surface area contributed by atoms with E-state index in [1.54, 1.807) is 4.31 Å². The predicted molar refractivity (Wildman–Crippen MR) is 106 cm³/mol. The second kappa shape index (κ2) is 8.33. The average molecular weight is 373 g/mol. The molecule has 1 heterocycles. The minimum atomic E-state index is -3.24. The number of benzene rings is 2. The Balaban J connectivity index is 1.53. The summed E-state index contributed by atoms with van der Waals surface area (Å²) in [5.41, 5.74) is 3.49. The molecule has 0 saturated carbocycles. The molecule has 1 saturated heterocycles. The molecular formula is C21H28N2O2S. The molecule has 0 aliphatic carbocycles. The molecule has 1 aliphatic rings. The topological polar surface area (TPSA) is 40.6 Å². The molecule has 1 fully saturated rings. The zero-order valence-electron chi connectivity index (χ0n) is 15.6. The largest absolute Gasteiger partial charge is 0.296 e. The van der Waals surface area contributed by atoms with Gasteiger partial charge < -0.3 is 0 Å². The fourth-order valence-electron chi connectivity index (χ4n) is 3.31. The fraction of sp³-hybridized carbons (Fsp3) is 0.429. The summed E-state index contributed by atoms with van der Waals surface area (Å²) in [4.78, 5) is 2.33. The van der Waals surface area contributed by atoms with Gasteiger partial charge in [-0.3, -0.25) is 4.90 Å². The Kier molecular flexibility index (Phi) is 6.12. The van der Waals surface area contributed by atoms with Gasteiger partial charge in [-0.2, -0.15) is 4.31 Å². The van der Waals surface area contributed by atoms with E-state index in [9.17, 15) is 8.42 Å². The van der Waals surface area contributed by atoms with Crippen LogP contribution in [-0.2, 0) is 22.3 Å². The van der Waals surface area contributed by atoms with Gasteiger partial charge in [0.05, 0.1) is 5.75 Å². The summed E-state index contributed by atoms with van der Waals surface area (Å²) in [6.45, 7) is 7.97. The summed E-state index contributed by atoms with van der Waals surface area (Å²) >= 11 is 0. The predicted octanol–water partition coefficient (Wildman–Crippen LogP) is 3.46. The first-order chi connectivity index (χ1) is 12.4. The standard InChI is InChI=1S/C21H28N2O2S/c1-18(2)21-10-8-19(9-11-21)16-22-12-14-23(15-13-22)26(24,25)17-20-6-4-3-5-7-20/h3-11,18H,12-17H2,1-2H3. The van der Waals surface area contributed by atoms with Gasteiger partial charge in [0.25, 0.3) is 0 Å². The smallest absolute Gasteiger partial charge is 0.218 e. The van der Waals surface area contributed by atoms with Crippen molar-refractivity contribution in [3.8, 4) is 0 Å². The highest BCUT2D eigenvalue weighted by molar-refractivity contribution is 7.88. The highest BCUT2D eigenvalue weighted by Gasteiger charge is 2.27. The van der Waals surface area contributed by atoms with E-state index in [0.717, 1.165) is 25.2 Å². The van der Waals surface area contributed by atoms with Gasteiger partial charge in [-0.1, -0.05) is 68.4 Å². The first-order valence-electron chi connectivity index (χ1n) is 9.27. The quantitative estimate of drug-likeness (QED) is 0.780. The third-order valence-electron chi connectivity index (χ3n) is 4.97. The van der Waals surface area contributed by atoms with Gasteiger partial charge in [-0.15, -0.1) is 0 Å². The van der Waals surface area contributed by atoms with Crippen molar-refractivity contribution in [2.45, 2.75) is 32.1 Å². The van der Waals surface area contributed by atoms with Crippen molar-refractivity contribution in [2.75, 3.05) is 26.2 Å². The molecule has 0 bridgehead atoms. The van der Waals surface area contributed by atoms with Crippen LogP contribution in [0.3, 0.4) is 0 Å². The van der Waals surface area contributed by atoms with Crippen molar-refractivity contribution in [3.63, 3.8) is 0 Å². The van der Waals surface area contributed by atoms with E-state index in [1.165, 1.54) is 11.1 Å². The van der Waals surface area contributed by atoms with Gasteiger partial charge in [-0.25, -0.2) is 8.42 Å². The highest BCUT2D eigenvalue weighted by atomic mass is 32.2. The fourth-order valence-corrected chi connectivity index (χ4v) is 4.82. The molecule has 2 aromatic rings. The molecule has 0 atom stereocenters. The SMILES string of the molecule is CC(C)c1ccc(CN2CCN(S(=O)(=O)Cc3ccccc3)CC2)cc1. The summed E-state index contributed by atoms with van der Waals surface area (Å²) < 4.78 is 26.9. The summed E-state index contributed by atoms with van der Waals surface area (Å²) in [7, 11) is -3.24. The van der Waals surface area contributed by atoms with E-state index in [4.69, 9.17) is 0 Å². The Bertz CT molecular complexity index is 794. The van der Waals surface area contributed by atoms with E-state index in [2.05, 4.69) is 43.0 Å². The number of nitrogens with zero attached hydrogens (tertiary/aromatic N) is 2. The molecular weight excluding hydrogens is 344 g/mol. The molecule has 26 heavy (non-hydrogen) atoms. The second-order valence-electron chi connectivity index (χ2n) is 7.31. The van der Waals surface area contributed by atoms with Crippen molar-refractivity contribution in [2.24, 2.45) is 0 Å². The lowest BCUT2D eigenvalue weighted by Crippen LogP contribution is -2.48. The van der Waals surface area contributed by atoms with Crippen LogP contribution in [0, 0.1) is 0 Å². The third kappa shape index (κ3) is 4.93. The Morgan fingerprint density at radius 1 is 0.846 bits per heavy atom. The molecule has 0 N–H and O–H groups in total. The number of hydrogen-bond acceptors (Lipinski definition) is 3. The minimum Gasteiger partial charge on any atom is -0.296 e. The Morgan fingerprint density at radius 2 is 1.46 bits per heavy atom. The second-order valence-corrected chi connectivity index (χ2v) is 9.28. The zero-order chi connectivity index (χ0) is 18.6. The molecule has 0 radical (unpaired) electrons. The molecule has 0 unspecified atom stereocenters. The maximum absolute atomic E-state index is 12.6. The van der Waals surface area contributed by atoms with Crippen LogP contribution in [0.2, 0.25) is 0 Å². The van der Waals surface area contributed by atoms with Gasteiger partial charge in [0.15, 0.2) is 0 Å². The molecule has 2 aromatic carbocycles. The molecule has 1 aliphatic heterocycles. The number of sulfonamides is 1. The van der Waals surface area contributed by atoms with Gasteiger partial charge in [0.2, 0.25) is 10.0 Å². The van der Waals surface area contributed by atoms with Crippen LogP contribution in [0.25, 0.3) is 0 Å². The van der Waals surface area contributed by atoms with Crippen molar-refractivity contribution in [1.29, 1.82) is 0 Å². The van der Waals surface area contributed by atoms with Crippen LogP contribution in [0.4, 0.5) is 0 Å². The molecule has 3 rings (SSSR count). The molecule has 5 heteroatoms. The highest BCUT2D eigenvalue weighted by Crippen LogP contribution is 2.18. The minimum absolute atomic E-state index is 0.0878. The van der Waals surface area contributed by atoms with Crippen LogP contribution < -0.4 is 0 Å². The summed E-state index contributed by atoms with van der Waals surface area (Å²) in [6.07, 6.45) is 0. The molecule has 0 amide bonds. The van der Waals surface area contributed by atoms with Gasteiger partial charge in [0, 0.05) is 32.7 Å². The van der Waals surface area contributed by atoms with Gasteiger partial charge in [-0.05, 0) is 22.6 Å². The summed E-state index contributed by atoms with van der Waals surface area (Å²) in [5.74, 6) is 0.632. The Labute approximate surface area is 157 Å². The third-order valence-corrected chi connectivity index (χ3v) is 6.82. The average Bonchev–Trinajstić information content (AvgIpc) is 2.63. The first-order valence-corrected chi connectivity index (χ1v) is 10.9. The Hall–Kier alpha value is -1.69. The van der Waals surface area contributed by atoms with Crippen molar-refractivity contribution in [3.05, 3.63) is 71.3 Å². The maximum Gasteiger partial charge on any atom is 0.218 e. The van der Waals surface area contributed by atoms with Gasteiger partial charge in [0.1, 0.15) is 0 Å². The molecule has 140 valence electrons. The van der Waals surface area contributed by atoms with Crippen LogP contribution in [-0.4, -0.2) is 43.8 Å². The lowest BCUT2D eigenvalue weighted by atomic mass is 10.0. The van der Waals surface area contributed by atoms with E-state index < -0.39 is 10.0 Å². The first kappa shape index (κ1) is 19.1. The van der Waals surface area contributed by atoms with Crippen LogP contribution in [0.1, 0.15) is 36.5 Å². The van der Waals surface area contributed by atoms with Crippen LogP contribution in [0.5, 0.6) is 0 Å². The maximum atomic E-state index is 12.6. The Morgan fingerprint density at radius 3 is 2.04 bits per heavy atom. The lowest BCUT2D eigenvalue weighted by Gasteiger charge is -2.34. The number of piperazine rings is 1. The van der Waals surface area contributed by atoms with E-state index in [-0.39, 0.29) is 5.75 Å². The van der Waals surface area contributed by atoms with Gasteiger partial charge >= 0.3 is 0 Å². The number of hydrogen-bond donors (Lipinski definition) is 0. The molecule has 0 spiro atoms. The van der Waals surface area contributed by atoms with Crippen molar-refractivity contribution < 1.29 is 8.42 Å². The number of rotatable bonds is 6. The lowest BCUT2D eigenvalue weighted by molar-refractivity contribution is 0.181. The molecule has 0 aromatic heterocycles. The van der Waals surface area contributed by atoms with Crippen molar-refractivity contribution >= 4 is 10.0 Å². The molecule has 4 nitrogen and oxygen atoms in total. The summed E-state index contributed by atoms with van der Waals surface area (Å²) in [5, 5.41) is 0. The van der Waals surface area contributed by atoms with E-state index >= 15 is 0 Å². The monoisotopic (exact) mass is 372 g/mol.